The maximum atomic E-state index is 13.3. The molecule has 2 N–H and O–H groups in total. The molecule has 2 heterocycles. The Morgan fingerprint density at radius 1 is 1.00 bits per heavy atom. The number of nitrogens with one attached hydrogen (secondary N) is 1. The van der Waals surface area contributed by atoms with Gasteiger partial charge in [0.2, 0.25) is 0 Å². The first-order chi connectivity index (χ1) is 15.4. The van der Waals surface area contributed by atoms with Crippen LogP contribution in [0.15, 0.2) is 82.3 Å². The predicted octanol–water partition coefficient (Wildman–Crippen LogP) is 4.79. The highest BCUT2D eigenvalue weighted by Crippen LogP contribution is 2.34. The zero-order valence-corrected chi connectivity index (χ0v) is 19.7. The molecule has 0 spiro atoms. The van der Waals surface area contributed by atoms with E-state index in [4.69, 9.17) is 0 Å². The Kier molecular flexibility index (Phi) is 6.89. The van der Waals surface area contributed by atoms with Crippen LogP contribution in [0.5, 0.6) is 0 Å². The van der Waals surface area contributed by atoms with Gasteiger partial charge in [0.05, 0.1) is 5.60 Å². The van der Waals surface area contributed by atoms with Crippen LogP contribution >= 0.6 is 27.3 Å². The van der Waals surface area contributed by atoms with Gasteiger partial charge in [-0.1, -0.05) is 52.3 Å². The first-order valence-electron chi connectivity index (χ1n) is 10.3. The Bertz CT molecular complexity index is 1100. The fourth-order valence-electron chi connectivity index (χ4n) is 3.75. The van der Waals surface area contributed by atoms with Crippen LogP contribution in [0.3, 0.4) is 0 Å². The molecule has 1 aromatic heterocycles. The summed E-state index contributed by atoms with van der Waals surface area (Å²) in [6, 6.07) is 20.3. The Balaban J connectivity index is 1.50. The minimum atomic E-state index is -0.970. The van der Waals surface area contributed by atoms with E-state index in [1.54, 1.807) is 35.2 Å². The fourth-order valence-corrected chi connectivity index (χ4v) is 4.67. The molecule has 0 bridgehead atoms. The first-order valence-corrected chi connectivity index (χ1v) is 12.0. The van der Waals surface area contributed by atoms with E-state index in [1.807, 2.05) is 47.8 Å². The molecule has 0 aliphatic carbocycles. The van der Waals surface area contributed by atoms with E-state index in [2.05, 4.69) is 21.2 Å². The molecule has 0 unspecified atom stereocenters. The van der Waals surface area contributed by atoms with Gasteiger partial charge in [0.1, 0.15) is 5.70 Å². The molecule has 2 amide bonds. The van der Waals surface area contributed by atoms with Gasteiger partial charge in [0.15, 0.2) is 0 Å². The normalized spacial score (nSPS) is 15.9. The summed E-state index contributed by atoms with van der Waals surface area (Å²) in [7, 11) is 0. The number of halogens is 1. The number of benzene rings is 2. The molecule has 3 aromatic rings. The summed E-state index contributed by atoms with van der Waals surface area (Å²) in [5.74, 6) is -0.578. The molecular formula is C25H23BrN2O3S. The zero-order chi connectivity index (χ0) is 22.6. The molecule has 1 fully saturated rings. The molecule has 7 heteroatoms. The van der Waals surface area contributed by atoms with Crippen LogP contribution in [0.25, 0.3) is 6.08 Å². The standard InChI is InChI=1S/C25H23BrN2O3S/c26-20-10-8-19(9-11-20)25(31)12-14-28(15-13-25)24(30)22(17-21-7-4-16-32-21)27-23(29)18-5-2-1-3-6-18/h1-11,16-17,31H,12-15H2,(H,27,29). The topological polar surface area (TPSA) is 69.6 Å². The first kappa shape index (κ1) is 22.5. The van der Waals surface area contributed by atoms with Crippen LogP contribution in [0.4, 0.5) is 0 Å². The smallest absolute Gasteiger partial charge is 0.270 e. The Morgan fingerprint density at radius 2 is 1.69 bits per heavy atom. The lowest BCUT2D eigenvalue weighted by molar-refractivity contribution is -0.131. The van der Waals surface area contributed by atoms with Gasteiger partial charge in [-0.3, -0.25) is 9.59 Å². The van der Waals surface area contributed by atoms with Gasteiger partial charge < -0.3 is 15.3 Å². The molecule has 0 atom stereocenters. The number of hydrogen-bond acceptors (Lipinski definition) is 4. The number of aliphatic hydroxyl groups is 1. The molecule has 2 aromatic carbocycles. The van der Waals surface area contributed by atoms with Crippen molar-refractivity contribution < 1.29 is 14.7 Å². The van der Waals surface area contributed by atoms with E-state index in [0.717, 1.165) is 14.9 Å². The largest absolute Gasteiger partial charge is 0.385 e. The van der Waals surface area contributed by atoms with Gasteiger partial charge in [-0.2, -0.15) is 0 Å². The number of thiophene rings is 1. The molecule has 164 valence electrons. The van der Waals surface area contributed by atoms with E-state index in [-0.39, 0.29) is 17.5 Å². The second-order valence-corrected chi connectivity index (χ2v) is 9.62. The minimum absolute atomic E-state index is 0.232. The second kappa shape index (κ2) is 9.81. The van der Waals surface area contributed by atoms with Gasteiger partial charge in [0, 0.05) is 28.0 Å². The van der Waals surface area contributed by atoms with E-state index in [9.17, 15) is 14.7 Å². The zero-order valence-electron chi connectivity index (χ0n) is 17.3. The number of piperidine rings is 1. The second-order valence-electron chi connectivity index (χ2n) is 7.72. The number of amides is 2. The molecule has 1 aliphatic heterocycles. The number of nitrogens with zero attached hydrogens (tertiary/aromatic N) is 1. The third kappa shape index (κ3) is 5.18. The highest BCUT2D eigenvalue weighted by Gasteiger charge is 2.36. The van der Waals surface area contributed by atoms with Crippen molar-refractivity contribution in [3.63, 3.8) is 0 Å². The van der Waals surface area contributed by atoms with Crippen molar-refractivity contribution in [2.24, 2.45) is 0 Å². The van der Waals surface area contributed by atoms with Crippen molar-refractivity contribution >= 4 is 45.2 Å². The molecule has 1 saturated heterocycles. The van der Waals surface area contributed by atoms with Gasteiger partial charge >= 0.3 is 0 Å². The lowest BCUT2D eigenvalue weighted by Gasteiger charge is -2.38. The monoisotopic (exact) mass is 510 g/mol. The Morgan fingerprint density at radius 3 is 2.31 bits per heavy atom. The summed E-state index contributed by atoms with van der Waals surface area (Å²) >= 11 is 4.91. The molecular weight excluding hydrogens is 488 g/mol. The number of carbonyl (C=O) groups is 2. The average Bonchev–Trinajstić information content (AvgIpc) is 3.33. The van der Waals surface area contributed by atoms with Crippen molar-refractivity contribution in [1.82, 2.24) is 10.2 Å². The summed E-state index contributed by atoms with van der Waals surface area (Å²) in [4.78, 5) is 28.6. The highest BCUT2D eigenvalue weighted by molar-refractivity contribution is 9.10. The van der Waals surface area contributed by atoms with E-state index in [1.165, 1.54) is 11.3 Å². The molecule has 32 heavy (non-hydrogen) atoms. The van der Waals surface area contributed by atoms with Crippen molar-refractivity contribution in [1.29, 1.82) is 0 Å². The molecule has 4 rings (SSSR count). The van der Waals surface area contributed by atoms with E-state index in [0.29, 0.717) is 31.5 Å². The summed E-state index contributed by atoms with van der Waals surface area (Å²) in [5.41, 5.74) is 0.595. The maximum absolute atomic E-state index is 13.3. The Hall–Kier alpha value is -2.74. The molecule has 5 nitrogen and oxygen atoms in total. The minimum Gasteiger partial charge on any atom is -0.385 e. The van der Waals surface area contributed by atoms with Crippen molar-refractivity contribution in [3.8, 4) is 0 Å². The highest BCUT2D eigenvalue weighted by atomic mass is 79.9. The third-order valence-corrected chi connectivity index (χ3v) is 6.95. The van der Waals surface area contributed by atoms with Gasteiger partial charge in [-0.25, -0.2) is 0 Å². The van der Waals surface area contributed by atoms with Crippen LogP contribution in [0, 0.1) is 0 Å². The van der Waals surface area contributed by atoms with E-state index < -0.39 is 5.60 Å². The molecule has 1 aliphatic rings. The van der Waals surface area contributed by atoms with E-state index >= 15 is 0 Å². The number of carbonyl (C=O) groups excluding carboxylic acids is 2. The van der Waals surface area contributed by atoms with Crippen molar-refractivity contribution in [2.75, 3.05) is 13.1 Å². The van der Waals surface area contributed by atoms with Crippen molar-refractivity contribution in [2.45, 2.75) is 18.4 Å². The van der Waals surface area contributed by atoms with Crippen LogP contribution < -0.4 is 5.32 Å². The van der Waals surface area contributed by atoms with Crippen molar-refractivity contribution in [3.05, 3.63) is 98.3 Å². The quantitative estimate of drug-likeness (QED) is 0.484. The SMILES string of the molecule is O=C(NC(=Cc1cccs1)C(=O)N1CCC(O)(c2ccc(Br)cc2)CC1)c1ccccc1. The predicted molar refractivity (Wildman–Crippen MR) is 130 cm³/mol. The third-order valence-electron chi connectivity index (χ3n) is 5.60. The lowest BCUT2D eigenvalue weighted by Crippen LogP contribution is -2.47. The number of rotatable bonds is 5. The van der Waals surface area contributed by atoms with Gasteiger partial charge in [-0.15, -0.1) is 11.3 Å². The summed E-state index contributed by atoms with van der Waals surface area (Å²) in [6.07, 6.45) is 2.57. The van der Waals surface area contributed by atoms with Crippen LogP contribution in [-0.2, 0) is 10.4 Å². The molecule has 0 radical (unpaired) electrons. The van der Waals surface area contributed by atoms with Crippen LogP contribution in [0.1, 0.15) is 33.6 Å². The number of likely N-dealkylation sites (tertiary alicyclic amines) is 1. The van der Waals surface area contributed by atoms with Gasteiger partial charge in [0.25, 0.3) is 11.8 Å². The maximum Gasteiger partial charge on any atom is 0.270 e. The summed E-state index contributed by atoms with van der Waals surface area (Å²) in [6.45, 7) is 0.794. The average molecular weight is 511 g/mol. The van der Waals surface area contributed by atoms with Crippen LogP contribution in [-0.4, -0.2) is 34.9 Å². The summed E-state index contributed by atoms with van der Waals surface area (Å²) in [5, 5.41) is 15.9. The fraction of sp³-hybridized carbons (Fsp3) is 0.200. The number of hydrogen-bond donors (Lipinski definition) is 2. The van der Waals surface area contributed by atoms with Gasteiger partial charge in [-0.05, 0) is 60.2 Å². The lowest BCUT2D eigenvalue weighted by atomic mass is 9.84. The summed E-state index contributed by atoms with van der Waals surface area (Å²) < 4.78 is 0.954. The van der Waals surface area contributed by atoms with Crippen LogP contribution in [0.2, 0.25) is 0 Å². The molecule has 0 saturated carbocycles. The Labute approximate surface area is 199 Å².